The normalized spacial score (nSPS) is 15.2. The van der Waals surface area contributed by atoms with E-state index in [2.05, 4.69) is 0 Å². The molecule has 0 radical (unpaired) electrons. The van der Waals surface area contributed by atoms with Crippen molar-refractivity contribution in [3.8, 4) is 0 Å². The van der Waals surface area contributed by atoms with E-state index in [-0.39, 0.29) is 0 Å². The first kappa shape index (κ1) is 14.4. The summed E-state index contributed by atoms with van der Waals surface area (Å²) in [4.78, 5) is 10.6. The smallest absolute Gasteiger partial charge is 0.416 e. The molecule has 1 atom stereocenters. The molecule has 100 valence electrons. The van der Waals surface area contributed by atoms with Gasteiger partial charge in [0.15, 0.2) is 5.60 Å². The van der Waals surface area contributed by atoms with Gasteiger partial charge in [0.05, 0.1) is 5.56 Å². The highest BCUT2D eigenvalue weighted by Gasteiger charge is 2.37. The van der Waals surface area contributed by atoms with Gasteiger partial charge in [-0.3, -0.25) is 0 Å². The average Bonchev–Trinajstić information content (AvgIpc) is 2.14. The molecule has 3 nitrogen and oxygen atoms in total. The van der Waals surface area contributed by atoms with E-state index in [1.165, 1.54) is 0 Å². The van der Waals surface area contributed by atoms with Gasteiger partial charge < -0.3 is 10.2 Å². The Bertz CT molecular complexity index is 466. The van der Waals surface area contributed by atoms with Crippen LogP contribution in [0.5, 0.6) is 0 Å². The number of benzene rings is 1. The third-order valence-corrected chi connectivity index (χ3v) is 2.37. The van der Waals surface area contributed by atoms with E-state index in [0.717, 1.165) is 6.92 Å². The van der Waals surface area contributed by atoms with Gasteiger partial charge in [0.1, 0.15) is 5.82 Å². The van der Waals surface area contributed by atoms with Crippen LogP contribution in [-0.4, -0.2) is 21.8 Å². The molecule has 0 heterocycles. The molecule has 0 aliphatic heterocycles. The number of halogens is 4. The third-order valence-electron chi connectivity index (χ3n) is 2.37. The lowest BCUT2D eigenvalue weighted by atomic mass is 9.93. The number of hydrogen-bond donors (Lipinski definition) is 2. The molecule has 0 spiro atoms. The summed E-state index contributed by atoms with van der Waals surface area (Å²) in [5.74, 6) is -2.61. The van der Waals surface area contributed by atoms with Gasteiger partial charge in [-0.15, -0.1) is 0 Å². The molecule has 0 fully saturated rings. The van der Waals surface area contributed by atoms with Crippen molar-refractivity contribution in [2.45, 2.75) is 25.1 Å². The Hall–Kier alpha value is -1.63. The van der Waals surface area contributed by atoms with Gasteiger partial charge >= 0.3 is 12.1 Å². The molecule has 0 bridgehead atoms. The van der Waals surface area contributed by atoms with Crippen LogP contribution in [0.15, 0.2) is 18.2 Å². The fourth-order valence-corrected chi connectivity index (χ4v) is 1.43. The lowest BCUT2D eigenvalue weighted by Gasteiger charge is -2.20. The van der Waals surface area contributed by atoms with Crippen molar-refractivity contribution >= 4 is 5.97 Å². The van der Waals surface area contributed by atoms with Gasteiger partial charge in [-0.25, -0.2) is 9.18 Å². The second kappa shape index (κ2) is 4.56. The van der Waals surface area contributed by atoms with Gasteiger partial charge in [-0.2, -0.15) is 13.2 Å². The van der Waals surface area contributed by atoms with Crippen molar-refractivity contribution in [2.24, 2.45) is 0 Å². The van der Waals surface area contributed by atoms with Crippen LogP contribution in [0.2, 0.25) is 0 Å². The molecule has 0 aromatic heterocycles. The van der Waals surface area contributed by atoms with Crippen molar-refractivity contribution in [1.29, 1.82) is 0 Å². The molecule has 1 aromatic rings. The van der Waals surface area contributed by atoms with E-state index in [1.54, 1.807) is 0 Å². The first-order chi connectivity index (χ1) is 8.04. The van der Waals surface area contributed by atoms with Crippen LogP contribution in [0.3, 0.4) is 0 Å². The van der Waals surface area contributed by atoms with Crippen molar-refractivity contribution < 1.29 is 32.6 Å². The van der Waals surface area contributed by atoms with Gasteiger partial charge in [0.2, 0.25) is 0 Å². The van der Waals surface area contributed by atoms with Crippen LogP contribution in [0, 0.1) is 5.82 Å². The van der Waals surface area contributed by atoms with Gasteiger partial charge in [-0.05, 0) is 30.7 Å². The molecule has 1 rings (SSSR count). The Morgan fingerprint density at radius 3 is 2.33 bits per heavy atom. The first-order valence-corrected chi connectivity index (χ1v) is 4.85. The zero-order chi connectivity index (χ0) is 14.1. The molecule has 18 heavy (non-hydrogen) atoms. The zero-order valence-corrected chi connectivity index (χ0v) is 9.25. The molecule has 0 saturated carbocycles. The average molecular weight is 266 g/mol. The van der Waals surface area contributed by atoms with Gasteiger partial charge in [0, 0.05) is 6.42 Å². The van der Waals surface area contributed by atoms with E-state index >= 15 is 0 Å². The topological polar surface area (TPSA) is 57.5 Å². The molecule has 0 amide bonds. The summed E-state index contributed by atoms with van der Waals surface area (Å²) in [6.45, 7) is 0.848. The molecule has 0 saturated heterocycles. The van der Waals surface area contributed by atoms with E-state index in [4.69, 9.17) is 5.11 Å². The molecular weight excluding hydrogens is 256 g/mol. The molecule has 7 heteroatoms. The third kappa shape index (κ3) is 3.19. The van der Waals surface area contributed by atoms with Crippen LogP contribution < -0.4 is 0 Å². The monoisotopic (exact) mass is 266 g/mol. The minimum absolute atomic E-state index is 0.516. The summed E-state index contributed by atoms with van der Waals surface area (Å²) < 4.78 is 50.7. The Kier molecular flexibility index (Phi) is 3.66. The predicted molar refractivity (Wildman–Crippen MR) is 53.4 cm³/mol. The lowest BCUT2D eigenvalue weighted by molar-refractivity contribution is -0.157. The SMILES string of the molecule is CC(O)(Cc1cc(F)ccc1C(F)(F)F)C(=O)O. The largest absolute Gasteiger partial charge is 0.479 e. The highest BCUT2D eigenvalue weighted by Crippen LogP contribution is 2.33. The fourth-order valence-electron chi connectivity index (χ4n) is 1.43. The lowest BCUT2D eigenvalue weighted by Crippen LogP contribution is -2.37. The zero-order valence-electron chi connectivity index (χ0n) is 9.25. The molecule has 2 N–H and O–H groups in total. The molecule has 0 aliphatic carbocycles. The Morgan fingerprint density at radius 2 is 1.89 bits per heavy atom. The number of carboxylic acids is 1. The van der Waals surface area contributed by atoms with Crippen LogP contribution >= 0.6 is 0 Å². The number of rotatable bonds is 3. The van der Waals surface area contributed by atoms with Crippen LogP contribution in [0.1, 0.15) is 18.1 Å². The second-order valence-electron chi connectivity index (χ2n) is 4.06. The van der Waals surface area contributed by atoms with Crippen LogP contribution in [0.25, 0.3) is 0 Å². The minimum atomic E-state index is -4.74. The number of aliphatic carboxylic acids is 1. The number of carbonyl (C=O) groups is 1. The van der Waals surface area contributed by atoms with Gasteiger partial charge in [0.25, 0.3) is 0 Å². The standard InChI is InChI=1S/C11H10F4O3/c1-10(18,9(16)17)5-6-4-7(12)2-3-8(6)11(13,14)15/h2-4,18H,5H2,1H3,(H,16,17). The first-order valence-electron chi connectivity index (χ1n) is 4.85. The summed E-state index contributed by atoms with van der Waals surface area (Å²) in [6.07, 6.45) is -5.58. The van der Waals surface area contributed by atoms with Crippen LogP contribution in [0.4, 0.5) is 17.6 Å². The van der Waals surface area contributed by atoms with Crippen LogP contribution in [-0.2, 0) is 17.4 Å². The minimum Gasteiger partial charge on any atom is -0.479 e. The quantitative estimate of drug-likeness (QED) is 0.825. The summed E-state index contributed by atoms with van der Waals surface area (Å²) in [5, 5.41) is 18.1. The molecular formula is C11H10F4O3. The van der Waals surface area contributed by atoms with Gasteiger partial charge in [-0.1, -0.05) is 0 Å². The maximum atomic E-state index is 12.9. The molecule has 1 aromatic carbocycles. The highest BCUT2D eigenvalue weighted by molar-refractivity contribution is 5.77. The maximum absolute atomic E-state index is 12.9. The van der Waals surface area contributed by atoms with E-state index < -0.39 is 41.1 Å². The second-order valence-corrected chi connectivity index (χ2v) is 4.06. The summed E-state index contributed by atoms with van der Waals surface area (Å²) in [7, 11) is 0. The fraction of sp³-hybridized carbons (Fsp3) is 0.364. The number of carboxylic acid groups (broad SMARTS) is 1. The number of hydrogen-bond acceptors (Lipinski definition) is 2. The van der Waals surface area contributed by atoms with Crippen molar-refractivity contribution in [3.63, 3.8) is 0 Å². The van der Waals surface area contributed by atoms with E-state index in [0.29, 0.717) is 18.2 Å². The van der Waals surface area contributed by atoms with E-state index in [1.807, 2.05) is 0 Å². The van der Waals surface area contributed by atoms with E-state index in [9.17, 15) is 27.5 Å². The Morgan fingerprint density at radius 1 is 1.33 bits per heavy atom. The van der Waals surface area contributed by atoms with Crippen molar-refractivity contribution in [1.82, 2.24) is 0 Å². The number of alkyl halides is 3. The Balaban J connectivity index is 3.23. The molecule has 0 aliphatic rings. The van der Waals surface area contributed by atoms with Crippen molar-refractivity contribution in [2.75, 3.05) is 0 Å². The number of aliphatic hydroxyl groups is 1. The highest BCUT2D eigenvalue weighted by atomic mass is 19.4. The summed E-state index contributed by atoms with van der Waals surface area (Å²) >= 11 is 0. The summed E-state index contributed by atoms with van der Waals surface area (Å²) in [5.41, 5.74) is -4.16. The predicted octanol–water partition coefficient (Wildman–Crippen LogP) is 2.22. The van der Waals surface area contributed by atoms with Crippen molar-refractivity contribution in [3.05, 3.63) is 35.1 Å². The Labute approximate surface area is 99.7 Å². The molecule has 1 unspecified atom stereocenters. The maximum Gasteiger partial charge on any atom is 0.416 e. The summed E-state index contributed by atoms with van der Waals surface area (Å²) in [6, 6.07) is 1.71.